The minimum Gasteiger partial charge on any atom is -0.508 e. The fourth-order valence-corrected chi connectivity index (χ4v) is 3.64. The smallest absolute Gasteiger partial charge is 0.153 e. The third kappa shape index (κ3) is 3.72. The van der Waals surface area contributed by atoms with Gasteiger partial charge in [-0.25, -0.2) is 0 Å². The first-order valence-corrected chi connectivity index (χ1v) is 9.39. The van der Waals surface area contributed by atoms with Gasteiger partial charge in [0.25, 0.3) is 0 Å². The molecule has 2 aromatic rings. The Hall–Kier alpha value is -1.48. The van der Waals surface area contributed by atoms with E-state index < -0.39 is 0 Å². The lowest BCUT2D eigenvalue weighted by molar-refractivity contribution is 0.278. The van der Waals surface area contributed by atoms with Crippen molar-refractivity contribution < 1.29 is 9.84 Å². The molecule has 0 saturated carbocycles. The molecule has 0 aromatic heterocycles. The summed E-state index contributed by atoms with van der Waals surface area (Å²) in [5.41, 5.74) is 4.71. The van der Waals surface area contributed by atoms with Gasteiger partial charge >= 0.3 is 0 Å². The van der Waals surface area contributed by atoms with Crippen LogP contribution in [-0.4, -0.2) is 10.1 Å². The molecule has 3 heteroatoms. The second kappa shape index (κ2) is 7.39. The molecule has 1 unspecified atom stereocenters. The largest absolute Gasteiger partial charge is 0.508 e. The lowest BCUT2D eigenvalue weighted by atomic mass is 9.80. The minimum atomic E-state index is 0.0610. The van der Waals surface area contributed by atoms with Crippen molar-refractivity contribution in [2.45, 2.75) is 50.5 Å². The zero-order valence-electron chi connectivity index (χ0n) is 13.5. The van der Waals surface area contributed by atoms with Crippen molar-refractivity contribution in [2.75, 3.05) is 0 Å². The zero-order valence-corrected chi connectivity index (χ0v) is 15.1. The van der Waals surface area contributed by atoms with Gasteiger partial charge in [0.2, 0.25) is 0 Å². The topological polar surface area (TPSA) is 29.5 Å². The molecule has 0 bridgehead atoms. The second-order valence-corrected chi connectivity index (χ2v) is 7.19. The molecule has 3 rings (SSSR count). The van der Waals surface area contributed by atoms with Crippen LogP contribution in [0.2, 0.25) is 0 Å². The van der Waals surface area contributed by atoms with Crippen LogP contribution < -0.4 is 4.74 Å². The first-order valence-electron chi connectivity index (χ1n) is 8.47. The molecule has 1 atom stereocenters. The highest BCUT2D eigenvalue weighted by Crippen LogP contribution is 2.49. The van der Waals surface area contributed by atoms with E-state index >= 15 is 0 Å². The van der Waals surface area contributed by atoms with Gasteiger partial charge in [-0.15, -0.1) is 0 Å². The van der Waals surface area contributed by atoms with E-state index in [-0.39, 0.29) is 5.01 Å². The van der Waals surface area contributed by atoms with Crippen molar-refractivity contribution in [1.29, 1.82) is 0 Å². The lowest BCUT2D eigenvalue weighted by Gasteiger charge is -2.25. The Morgan fingerprint density at radius 1 is 0.913 bits per heavy atom. The van der Waals surface area contributed by atoms with Gasteiger partial charge in [-0.2, -0.15) is 0 Å². The number of hydrogen-bond acceptors (Lipinski definition) is 2. The number of benzene rings is 2. The van der Waals surface area contributed by atoms with Gasteiger partial charge in [-0.1, -0.05) is 44.7 Å². The van der Waals surface area contributed by atoms with Crippen molar-refractivity contribution in [3.05, 3.63) is 36.4 Å². The fraction of sp³-hybridized carbons (Fsp3) is 0.400. The molecule has 1 aliphatic rings. The third-order valence-corrected chi connectivity index (χ3v) is 5.02. The van der Waals surface area contributed by atoms with Gasteiger partial charge in [-0.3, -0.25) is 0 Å². The molecule has 1 N–H and O–H groups in total. The summed E-state index contributed by atoms with van der Waals surface area (Å²) in [6.07, 6.45) is 7.41. The number of phenols is 1. The number of aromatic hydroxyl groups is 1. The molecule has 2 aromatic carbocycles. The molecule has 0 radical (unpaired) electrons. The molecule has 0 aliphatic heterocycles. The SMILES string of the molecule is CCCCCCCC(Br)Oc1ccc2c(c1)-c1cc(O)ccc1-2. The zero-order chi connectivity index (χ0) is 16.2. The summed E-state index contributed by atoms with van der Waals surface area (Å²) < 4.78 is 5.99. The monoisotopic (exact) mass is 374 g/mol. The van der Waals surface area contributed by atoms with Crippen LogP contribution in [0.3, 0.4) is 0 Å². The van der Waals surface area contributed by atoms with Gasteiger partial charge in [0.05, 0.1) is 0 Å². The van der Waals surface area contributed by atoms with E-state index in [0.717, 1.165) is 23.3 Å². The highest BCUT2D eigenvalue weighted by molar-refractivity contribution is 9.09. The van der Waals surface area contributed by atoms with Gasteiger partial charge in [0, 0.05) is 0 Å². The molecule has 2 nitrogen and oxygen atoms in total. The highest BCUT2D eigenvalue weighted by Gasteiger charge is 2.23. The van der Waals surface area contributed by atoms with Crippen LogP contribution in [0.1, 0.15) is 45.4 Å². The van der Waals surface area contributed by atoms with Crippen LogP contribution in [0.15, 0.2) is 36.4 Å². The summed E-state index contributed by atoms with van der Waals surface area (Å²) in [5, 5.41) is 9.69. The Balaban J connectivity index is 1.56. The average molecular weight is 375 g/mol. The van der Waals surface area contributed by atoms with E-state index in [9.17, 15) is 5.11 Å². The molecule has 0 heterocycles. The molecule has 0 spiro atoms. The molecule has 0 fully saturated rings. The maximum atomic E-state index is 9.63. The molecular weight excluding hydrogens is 352 g/mol. The van der Waals surface area contributed by atoms with Gasteiger partial charge in [0.1, 0.15) is 11.5 Å². The summed E-state index contributed by atoms with van der Waals surface area (Å²) in [6.45, 7) is 2.24. The summed E-state index contributed by atoms with van der Waals surface area (Å²) in [7, 11) is 0. The third-order valence-electron chi connectivity index (χ3n) is 4.37. The van der Waals surface area contributed by atoms with E-state index in [0.29, 0.717) is 5.75 Å². The summed E-state index contributed by atoms with van der Waals surface area (Å²) in [6, 6.07) is 11.7. The lowest BCUT2D eigenvalue weighted by Crippen LogP contribution is -2.08. The molecule has 23 heavy (non-hydrogen) atoms. The Kier molecular flexibility index (Phi) is 5.27. The van der Waals surface area contributed by atoms with Crippen molar-refractivity contribution in [3.63, 3.8) is 0 Å². The number of unbranched alkanes of at least 4 members (excludes halogenated alkanes) is 4. The predicted octanol–water partition coefficient (Wildman–Crippen LogP) is 6.50. The molecule has 0 saturated heterocycles. The first kappa shape index (κ1) is 16.4. The molecule has 0 amide bonds. The van der Waals surface area contributed by atoms with E-state index in [1.165, 1.54) is 43.2 Å². The second-order valence-electron chi connectivity index (χ2n) is 6.17. The molecular formula is C20H23BrO2. The van der Waals surface area contributed by atoms with Crippen LogP contribution in [0.25, 0.3) is 22.3 Å². The number of alkyl halides is 1. The number of rotatable bonds is 8. The van der Waals surface area contributed by atoms with Gasteiger partial charge in [-0.05, 0) is 75.3 Å². The predicted molar refractivity (Wildman–Crippen MR) is 99.3 cm³/mol. The van der Waals surface area contributed by atoms with Crippen molar-refractivity contribution in [1.82, 2.24) is 0 Å². The van der Waals surface area contributed by atoms with Crippen LogP contribution in [0.5, 0.6) is 11.5 Å². The van der Waals surface area contributed by atoms with Crippen molar-refractivity contribution >= 4 is 15.9 Å². The van der Waals surface area contributed by atoms with Crippen LogP contribution >= 0.6 is 15.9 Å². The van der Waals surface area contributed by atoms with Crippen molar-refractivity contribution in [3.8, 4) is 33.8 Å². The maximum absolute atomic E-state index is 9.63. The average Bonchev–Trinajstić information content (AvgIpc) is 2.53. The van der Waals surface area contributed by atoms with Crippen LogP contribution in [0.4, 0.5) is 0 Å². The van der Waals surface area contributed by atoms with Gasteiger partial charge < -0.3 is 9.84 Å². The van der Waals surface area contributed by atoms with Gasteiger partial charge in [0.15, 0.2) is 5.01 Å². The normalized spacial score (nSPS) is 13.0. The number of hydrogen-bond donors (Lipinski definition) is 1. The van der Waals surface area contributed by atoms with Crippen LogP contribution in [0, 0.1) is 0 Å². The Morgan fingerprint density at radius 3 is 2.39 bits per heavy atom. The Bertz CT molecular complexity index is 681. The van der Waals surface area contributed by atoms with Crippen LogP contribution in [-0.2, 0) is 0 Å². The minimum absolute atomic E-state index is 0.0610. The van der Waals surface area contributed by atoms with E-state index in [4.69, 9.17) is 4.74 Å². The number of fused-ring (bicyclic) bond motifs is 4. The first-order chi connectivity index (χ1) is 11.2. The molecule has 1 aliphatic carbocycles. The van der Waals surface area contributed by atoms with E-state index in [2.05, 4.69) is 35.0 Å². The van der Waals surface area contributed by atoms with E-state index in [1.807, 2.05) is 18.2 Å². The number of phenolic OH excluding ortho intramolecular Hbond substituents is 1. The summed E-state index contributed by atoms with van der Waals surface area (Å²) in [4.78, 5) is 0. The fourth-order valence-electron chi connectivity index (χ4n) is 3.10. The highest BCUT2D eigenvalue weighted by atomic mass is 79.9. The summed E-state index contributed by atoms with van der Waals surface area (Å²) in [5.74, 6) is 1.19. The van der Waals surface area contributed by atoms with Crippen molar-refractivity contribution in [2.24, 2.45) is 0 Å². The Morgan fingerprint density at radius 2 is 1.61 bits per heavy atom. The molecule has 122 valence electrons. The quantitative estimate of drug-likeness (QED) is 0.360. The standard InChI is InChI=1S/C20H23BrO2/c1-2-3-4-5-6-7-20(21)23-15-9-11-17-16-10-8-14(22)12-18(16)19(17)13-15/h8-13,20,22H,2-7H2,1H3. The Labute approximate surface area is 146 Å². The number of ether oxygens (including phenoxy) is 1. The maximum Gasteiger partial charge on any atom is 0.153 e. The number of halogens is 1. The summed E-state index contributed by atoms with van der Waals surface area (Å²) >= 11 is 3.63. The van der Waals surface area contributed by atoms with E-state index in [1.54, 1.807) is 6.07 Å².